The molecule has 0 aromatic carbocycles. The van der Waals surface area contributed by atoms with Crippen LogP contribution in [-0.4, -0.2) is 19.6 Å². The van der Waals surface area contributed by atoms with Gasteiger partial charge in [0.15, 0.2) is 0 Å². The number of ether oxygens (including phenoxy) is 1. The quantitative estimate of drug-likeness (QED) is 0.824. The average Bonchev–Trinajstić information content (AvgIpc) is 2.66. The Morgan fingerprint density at radius 2 is 2.19 bits per heavy atom. The number of hydrogen-bond donors (Lipinski definition) is 1. The fourth-order valence-electron chi connectivity index (χ4n) is 2.17. The molecule has 16 heavy (non-hydrogen) atoms. The molecule has 1 aliphatic rings. The number of carbonyl (C=O) groups is 1. The highest BCUT2D eigenvalue weighted by atomic mass is 32.1. The van der Waals surface area contributed by atoms with Crippen molar-refractivity contribution in [3.05, 3.63) is 16.0 Å². The summed E-state index contributed by atoms with van der Waals surface area (Å²) in [5, 5.41) is 4.25. The van der Waals surface area contributed by atoms with E-state index in [1.54, 1.807) is 11.3 Å². The van der Waals surface area contributed by atoms with Crippen molar-refractivity contribution in [3.8, 4) is 0 Å². The van der Waals surface area contributed by atoms with Gasteiger partial charge in [-0.3, -0.25) is 0 Å². The molecule has 0 unspecified atom stereocenters. The van der Waals surface area contributed by atoms with Crippen LogP contribution in [0.1, 0.15) is 40.6 Å². The number of nitrogens with one attached hydrogen (secondary N) is 1. The molecule has 0 amide bonds. The fourth-order valence-corrected chi connectivity index (χ4v) is 3.51. The standard InChI is InChI=1S/C12H17NO2S/c1-3-13-11-10(12(14)15-2)8-6-4-5-7-9(8)16-11/h13H,3-7H2,1-2H3. The first kappa shape index (κ1) is 11.5. The van der Waals surface area contributed by atoms with E-state index in [1.807, 2.05) is 6.92 Å². The molecule has 0 atom stereocenters. The maximum absolute atomic E-state index is 11.8. The molecule has 0 radical (unpaired) electrons. The summed E-state index contributed by atoms with van der Waals surface area (Å²) in [6.07, 6.45) is 4.54. The lowest BCUT2D eigenvalue weighted by Gasteiger charge is -2.11. The second-order valence-electron chi connectivity index (χ2n) is 3.94. The van der Waals surface area contributed by atoms with E-state index in [4.69, 9.17) is 4.74 Å². The van der Waals surface area contributed by atoms with Crippen LogP contribution in [0.5, 0.6) is 0 Å². The van der Waals surface area contributed by atoms with E-state index in [0.29, 0.717) is 0 Å². The Morgan fingerprint density at radius 1 is 1.44 bits per heavy atom. The minimum absolute atomic E-state index is 0.199. The van der Waals surface area contributed by atoms with Crippen LogP contribution < -0.4 is 5.32 Å². The lowest BCUT2D eigenvalue weighted by Crippen LogP contribution is -2.10. The Morgan fingerprint density at radius 3 is 2.88 bits per heavy atom. The first-order valence-corrected chi connectivity index (χ1v) is 6.56. The third-order valence-electron chi connectivity index (χ3n) is 2.90. The molecule has 0 fully saturated rings. The van der Waals surface area contributed by atoms with Gasteiger partial charge in [0, 0.05) is 11.4 Å². The Labute approximate surface area is 99.8 Å². The number of methoxy groups -OCH3 is 1. The number of rotatable bonds is 3. The summed E-state index contributed by atoms with van der Waals surface area (Å²) in [5.74, 6) is -0.199. The molecule has 1 aromatic rings. The van der Waals surface area contributed by atoms with E-state index in [2.05, 4.69) is 5.32 Å². The van der Waals surface area contributed by atoms with Gasteiger partial charge in [0.2, 0.25) is 0 Å². The number of esters is 1. The van der Waals surface area contributed by atoms with Crippen molar-refractivity contribution >= 4 is 22.3 Å². The molecule has 0 spiro atoms. The number of carbonyl (C=O) groups excluding carboxylic acids is 1. The van der Waals surface area contributed by atoms with Crippen LogP contribution in [0.3, 0.4) is 0 Å². The Hall–Kier alpha value is -1.03. The van der Waals surface area contributed by atoms with Crippen molar-refractivity contribution in [2.45, 2.75) is 32.6 Å². The molecular formula is C12H17NO2S. The topological polar surface area (TPSA) is 38.3 Å². The molecule has 1 aromatic heterocycles. The van der Waals surface area contributed by atoms with Crippen molar-refractivity contribution in [1.29, 1.82) is 0 Å². The number of thiophene rings is 1. The number of fused-ring (bicyclic) bond motifs is 1. The van der Waals surface area contributed by atoms with E-state index in [1.165, 1.54) is 30.4 Å². The summed E-state index contributed by atoms with van der Waals surface area (Å²) in [5.41, 5.74) is 2.00. The maximum atomic E-state index is 11.8. The van der Waals surface area contributed by atoms with Gasteiger partial charge in [-0.2, -0.15) is 0 Å². The smallest absolute Gasteiger partial charge is 0.341 e. The first-order valence-electron chi connectivity index (χ1n) is 5.74. The molecule has 1 heterocycles. The van der Waals surface area contributed by atoms with Crippen molar-refractivity contribution in [2.75, 3.05) is 19.0 Å². The van der Waals surface area contributed by atoms with E-state index in [0.717, 1.165) is 30.0 Å². The van der Waals surface area contributed by atoms with Crippen LogP contribution in [0, 0.1) is 0 Å². The summed E-state index contributed by atoms with van der Waals surface area (Å²) < 4.78 is 4.88. The molecule has 4 heteroatoms. The molecule has 0 saturated carbocycles. The minimum Gasteiger partial charge on any atom is -0.465 e. The van der Waals surface area contributed by atoms with E-state index < -0.39 is 0 Å². The number of hydrogen-bond acceptors (Lipinski definition) is 4. The second-order valence-corrected chi connectivity index (χ2v) is 5.04. The van der Waals surface area contributed by atoms with Crippen molar-refractivity contribution < 1.29 is 9.53 Å². The maximum Gasteiger partial charge on any atom is 0.341 e. The van der Waals surface area contributed by atoms with Gasteiger partial charge in [0.05, 0.1) is 12.7 Å². The third kappa shape index (κ3) is 1.94. The highest BCUT2D eigenvalue weighted by molar-refractivity contribution is 7.16. The van der Waals surface area contributed by atoms with Crippen molar-refractivity contribution in [3.63, 3.8) is 0 Å². The summed E-state index contributed by atoms with van der Waals surface area (Å²) in [6, 6.07) is 0. The minimum atomic E-state index is -0.199. The molecule has 1 N–H and O–H groups in total. The largest absolute Gasteiger partial charge is 0.465 e. The Bertz CT molecular complexity index is 398. The van der Waals surface area contributed by atoms with Crippen LogP contribution in [0.4, 0.5) is 5.00 Å². The summed E-state index contributed by atoms with van der Waals surface area (Å²) >= 11 is 1.72. The van der Waals surface area contributed by atoms with Gasteiger partial charge in [-0.1, -0.05) is 0 Å². The zero-order valence-corrected chi connectivity index (χ0v) is 10.6. The highest BCUT2D eigenvalue weighted by Gasteiger charge is 2.25. The Kier molecular flexibility index (Phi) is 3.49. The lowest BCUT2D eigenvalue weighted by atomic mass is 9.95. The van der Waals surface area contributed by atoms with Crippen LogP contribution in [0.2, 0.25) is 0 Å². The van der Waals surface area contributed by atoms with Crippen molar-refractivity contribution in [2.24, 2.45) is 0 Å². The summed E-state index contributed by atoms with van der Waals surface area (Å²) in [6.45, 7) is 2.88. The molecule has 0 bridgehead atoms. The summed E-state index contributed by atoms with van der Waals surface area (Å²) in [7, 11) is 1.45. The molecule has 2 rings (SSSR count). The van der Waals surface area contributed by atoms with Gasteiger partial charge in [-0.05, 0) is 38.2 Å². The van der Waals surface area contributed by atoms with Crippen LogP contribution in [-0.2, 0) is 17.6 Å². The SMILES string of the molecule is CCNc1sc2c(c1C(=O)OC)CCCC2. The van der Waals surface area contributed by atoms with E-state index >= 15 is 0 Å². The van der Waals surface area contributed by atoms with Gasteiger partial charge in [-0.25, -0.2) is 4.79 Å². The average molecular weight is 239 g/mol. The molecule has 3 nitrogen and oxygen atoms in total. The number of aryl methyl sites for hydroxylation is 1. The predicted molar refractivity (Wildman–Crippen MR) is 66.5 cm³/mol. The molecule has 0 aliphatic heterocycles. The third-order valence-corrected chi connectivity index (χ3v) is 4.15. The zero-order chi connectivity index (χ0) is 11.5. The normalized spacial score (nSPS) is 14.4. The van der Waals surface area contributed by atoms with Gasteiger partial charge in [0.25, 0.3) is 0 Å². The highest BCUT2D eigenvalue weighted by Crippen LogP contribution is 2.38. The van der Waals surface area contributed by atoms with E-state index in [9.17, 15) is 4.79 Å². The summed E-state index contributed by atoms with van der Waals surface area (Å²) in [4.78, 5) is 13.2. The monoisotopic (exact) mass is 239 g/mol. The van der Waals surface area contributed by atoms with Gasteiger partial charge >= 0.3 is 5.97 Å². The first-order chi connectivity index (χ1) is 7.77. The number of anilines is 1. The molecule has 1 aliphatic carbocycles. The van der Waals surface area contributed by atoms with Crippen LogP contribution >= 0.6 is 11.3 Å². The molecule has 0 saturated heterocycles. The Balaban J connectivity index is 2.44. The lowest BCUT2D eigenvalue weighted by molar-refractivity contribution is 0.0601. The van der Waals surface area contributed by atoms with Gasteiger partial charge < -0.3 is 10.1 Å². The van der Waals surface area contributed by atoms with Gasteiger partial charge in [0.1, 0.15) is 5.00 Å². The fraction of sp³-hybridized carbons (Fsp3) is 0.583. The second kappa shape index (κ2) is 4.87. The van der Waals surface area contributed by atoms with Crippen LogP contribution in [0.25, 0.3) is 0 Å². The van der Waals surface area contributed by atoms with Gasteiger partial charge in [-0.15, -0.1) is 11.3 Å². The molecular weight excluding hydrogens is 222 g/mol. The van der Waals surface area contributed by atoms with Crippen molar-refractivity contribution in [1.82, 2.24) is 0 Å². The van der Waals surface area contributed by atoms with E-state index in [-0.39, 0.29) is 5.97 Å². The zero-order valence-electron chi connectivity index (χ0n) is 9.76. The van der Waals surface area contributed by atoms with Crippen LogP contribution in [0.15, 0.2) is 0 Å². The predicted octanol–water partition coefficient (Wildman–Crippen LogP) is 2.85. The molecule has 88 valence electrons.